The summed E-state index contributed by atoms with van der Waals surface area (Å²) < 4.78 is 0. The lowest BCUT2D eigenvalue weighted by Crippen LogP contribution is -2.39. The predicted octanol–water partition coefficient (Wildman–Crippen LogP) is 0.923. The third-order valence-electron chi connectivity index (χ3n) is 3.43. The minimum atomic E-state index is -1.48. The Kier molecular flexibility index (Phi) is 2.24. The molecule has 3 rings (SSSR count). The zero-order valence-electron chi connectivity index (χ0n) is 9.52. The number of fused-ring (bicyclic) bond motifs is 2. The number of hydrogen-bond donors (Lipinski definition) is 2. The number of para-hydroxylation sites is 1. The molecule has 1 saturated heterocycles. The standard InChI is InChI=1S/C13H12N2O3/c16-12-13(17)7-6-10(14-18)11(8-13)15(12)9-4-2-1-3-5-9/h1-7,11,17-18H,8H2/b14-10+/t11-,13+/m1/s1. The summed E-state index contributed by atoms with van der Waals surface area (Å²) in [4.78, 5) is 13.7. The minimum absolute atomic E-state index is 0.219. The first-order valence-electron chi connectivity index (χ1n) is 5.68. The van der Waals surface area contributed by atoms with Crippen LogP contribution in [0.5, 0.6) is 0 Å². The Labute approximate surface area is 104 Å². The highest BCUT2D eigenvalue weighted by molar-refractivity contribution is 6.16. The summed E-state index contributed by atoms with van der Waals surface area (Å²) >= 11 is 0. The average Bonchev–Trinajstić information content (AvgIpc) is 2.60. The van der Waals surface area contributed by atoms with Crippen LogP contribution < -0.4 is 4.90 Å². The normalized spacial score (nSPS) is 32.3. The number of nitrogens with zero attached hydrogens (tertiary/aromatic N) is 2. The molecule has 0 aromatic heterocycles. The Morgan fingerprint density at radius 2 is 2.06 bits per heavy atom. The van der Waals surface area contributed by atoms with Gasteiger partial charge < -0.3 is 15.2 Å². The number of carbonyl (C=O) groups is 1. The SMILES string of the molecule is O=C1N(c2ccccc2)[C@@H]2C[C@@]1(O)C=C/C2=N\O. The molecule has 1 fully saturated rings. The molecule has 5 nitrogen and oxygen atoms in total. The smallest absolute Gasteiger partial charge is 0.263 e. The van der Waals surface area contributed by atoms with Gasteiger partial charge in [-0.15, -0.1) is 0 Å². The summed E-state index contributed by atoms with van der Waals surface area (Å²) in [5.41, 5.74) is -0.406. The average molecular weight is 244 g/mol. The fourth-order valence-corrected chi connectivity index (χ4v) is 2.52. The van der Waals surface area contributed by atoms with Crippen LogP contribution in [-0.4, -0.2) is 33.6 Å². The van der Waals surface area contributed by atoms with Gasteiger partial charge in [-0.3, -0.25) is 4.79 Å². The maximum absolute atomic E-state index is 12.3. The first kappa shape index (κ1) is 11.0. The maximum Gasteiger partial charge on any atom is 0.263 e. The number of carbonyl (C=O) groups excluding carboxylic acids is 1. The van der Waals surface area contributed by atoms with Crippen molar-refractivity contribution in [3.63, 3.8) is 0 Å². The third-order valence-corrected chi connectivity index (χ3v) is 3.43. The van der Waals surface area contributed by atoms with E-state index < -0.39 is 11.6 Å². The molecule has 1 aromatic rings. The van der Waals surface area contributed by atoms with E-state index >= 15 is 0 Å². The quantitative estimate of drug-likeness (QED) is 0.570. The van der Waals surface area contributed by atoms with Crippen LogP contribution in [0.25, 0.3) is 0 Å². The van der Waals surface area contributed by atoms with E-state index in [0.29, 0.717) is 11.4 Å². The number of aliphatic hydroxyl groups is 1. The first-order valence-corrected chi connectivity index (χ1v) is 5.68. The molecule has 5 heteroatoms. The van der Waals surface area contributed by atoms with Gasteiger partial charge in [0.05, 0.1) is 6.04 Å². The molecule has 0 saturated carbocycles. The fourth-order valence-electron chi connectivity index (χ4n) is 2.52. The summed E-state index contributed by atoms with van der Waals surface area (Å²) in [6, 6.07) is 8.65. The molecule has 92 valence electrons. The Balaban J connectivity index is 2.10. The molecule has 0 radical (unpaired) electrons. The number of rotatable bonds is 1. The van der Waals surface area contributed by atoms with Crippen LogP contribution in [0.15, 0.2) is 47.6 Å². The monoisotopic (exact) mass is 244 g/mol. The topological polar surface area (TPSA) is 73.1 Å². The van der Waals surface area contributed by atoms with Crippen LogP contribution >= 0.6 is 0 Å². The molecule has 2 bridgehead atoms. The van der Waals surface area contributed by atoms with Crippen LogP contribution in [0.1, 0.15) is 6.42 Å². The predicted molar refractivity (Wildman–Crippen MR) is 65.6 cm³/mol. The second-order valence-electron chi connectivity index (χ2n) is 4.51. The van der Waals surface area contributed by atoms with Crippen molar-refractivity contribution >= 4 is 17.3 Å². The van der Waals surface area contributed by atoms with Gasteiger partial charge in [0, 0.05) is 12.1 Å². The molecular weight excluding hydrogens is 232 g/mol. The Morgan fingerprint density at radius 1 is 1.33 bits per heavy atom. The lowest BCUT2D eigenvalue weighted by atomic mass is 9.91. The van der Waals surface area contributed by atoms with Crippen molar-refractivity contribution in [2.45, 2.75) is 18.1 Å². The zero-order chi connectivity index (χ0) is 12.8. The van der Waals surface area contributed by atoms with Crippen LogP contribution in [0, 0.1) is 0 Å². The molecular formula is C13H12N2O3. The van der Waals surface area contributed by atoms with Crippen molar-refractivity contribution < 1.29 is 15.1 Å². The maximum atomic E-state index is 12.3. The van der Waals surface area contributed by atoms with E-state index in [2.05, 4.69) is 5.16 Å². The zero-order valence-corrected chi connectivity index (χ0v) is 9.52. The first-order chi connectivity index (χ1) is 8.65. The second kappa shape index (κ2) is 3.68. The summed E-state index contributed by atoms with van der Waals surface area (Å²) in [7, 11) is 0. The van der Waals surface area contributed by atoms with E-state index in [9.17, 15) is 9.90 Å². The number of hydrogen-bond acceptors (Lipinski definition) is 4. The van der Waals surface area contributed by atoms with Gasteiger partial charge >= 0.3 is 0 Å². The van der Waals surface area contributed by atoms with Crippen molar-refractivity contribution in [3.8, 4) is 0 Å². The van der Waals surface area contributed by atoms with E-state index in [0.717, 1.165) is 0 Å². The lowest BCUT2D eigenvalue weighted by Gasteiger charge is -2.23. The third kappa shape index (κ3) is 1.37. The van der Waals surface area contributed by atoms with Gasteiger partial charge in [0.2, 0.25) is 0 Å². The lowest BCUT2D eigenvalue weighted by molar-refractivity contribution is -0.129. The molecule has 0 unspecified atom stereocenters. The number of benzene rings is 1. The van der Waals surface area contributed by atoms with Crippen LogP contribution in [0.4, 0.5) is 5.69 Å². The molecule has 1 aliphatic heterocycles. The molecule has 2 N–H and O–H groups in total. The van der Waals surface area contributed by atoms with Crippen molar-refractivity contribution in [2.75, 3.05) is 4.90 Å². The van der Waals surface area contributed by atoms with Gasteiger partial charge in [-0.2, -0.15) is 0 Å². The molecule has 0 spiro atoms. The van der Waals surface area contributed by atoms with E-state index in [1.54, 1.807) is 12.1 Å². The Morgan fingerprint density at radius 3 is 2.72 bits per heavy atom. The van der Waals surface area contributed by atoms with E-state index in [4.69, 9.17) is 5.21 Å². The van der Waals surface area contributed by atoms with Gasteiger partial charge in [-0.1, -0.05) is 23.4 Å². The molecule has 1 amide bonds. The Bertz CT molecular complexity index is 553. The van der Waals surface area contributed by atoms with Gasteiger partial charge in [-0.05, 0) is 24.3 Å². The van der Waals surface area contributed by atoms with Crippen molar-refractivity contribution in [1.82, 2.24) is 0 Å². The Hall–Kier alpha value is -2.14. The van der Waals surface area contributed by atoms with Gasteiger partial charge in [-0.25, -0.2) is 0 Å². The fraction of sp³-hybridized carbons (Fsp3) is 0.231. The highest BCUT2D eigenvalue weighted by Crippen LogP contribution is 2.37. The van der Waals surface area contributed by atoms with Gasteiger partial charge in [0.15, 0.2) is 5.60 Å². The number of anilines is 1. The summed E-state index contributed by atoms with van der Waals surface area (Å²) in [6.45, 7) is 0. The van der Waals surface area contributed by atoms with Crippen molar-refractivity contribution in [3.05, 3.63) is 42.5 Å². The minimum Gasteiger partial charge on any atom is -0.411 e. The van der Waals surface area contributed by atoms with Gasteiger partial charge in [0.1, 0.15) is 5.71 Å². The highest BCUT2D eigenvalue weighted by Gasteiger charge is 2.53. The molecule has 18 heavy (non-hydrogen) atoms. The molecule has 2 atom stereocenters. The van der Waals surface area contributed by atoms with E-state index in [1.807, 2.05) is 18.2 Å². The number of oxime groups is 1. The highest BCUT2D eigenvalue weighted by atomic mass is 16.4. The molecule has 1 aromatic carbocycles. The summed E-state index contributed by atoms with van der Waals surface area (Å²) in [5, 5.41) is 22.4. The number of amides is 1. The molecule has 2 aliphatic rings. The summed E-state index contributed by atoms with van der Waals surface area (Å²) in [5.74, 6) is -0.381. The van der Waals surface area contributed by atoms with E-state index in [-0.39, 0.29) is 12.3 Å². The summed E-state index contributed by atoms with van der Waals surface area (Å²) in [6.07, 6.45) is 3.11. The van der Waals surface area contributed by atoms with Crippen LogP contribution in [0.2, 0.25) is 0 Å². The van der Waals surface area contributed by atoms with Crippen molar-refractivity contribution in [1.29, 1.82) is 0 Å². The molecule has 1 aliphatic carbocycles. The second-order valence-corrected chi connectivity index (χ2v) is 4.51. The van der Waals surface area contributed by atoms with Crippen LogP contribution in [-0.2, 0) is 4.79 Å². The van der Waals surface area contributed by atoms with E-state index in [1.165, 1.54) is 17.1 Å². The molecule has 1 heterocycles. The van der Waals surface area contributed by atoms with Crippen molar-refractivity contribution in [2.24, 2.45) is 5.16 Å². The largest absolute Gasteiger partial charge is 0.411 e. The van der Waals surface area contributed by atoms with Gasteiger partial charge in [0.25, 0.3) is 5.91 Å². The van der Waals surface area contributed by atoms with Crippen LogP contribution in [0.3, 0.4) is 0 Å².